The van der Waals surface area contributed by atoms with Gasteiger partial charge in [-0.1, -0.05) is 6.07 Å². The highest BCUT2D eigenvalue weighted by Gasteiger charge is 2.38. The number of hydrogen-bond donors (Lipinski definition) is 0. The zero-order valence-corrected chi connectivity index (χ0v) is 11.2. The monoisotopic (exact) mass is 275 g/mol. The maximum Gasteiger partial charge on any atom is 0.410 e. The van der Waals surface area contributed by atoms with Crippen LogP contribution in [-0.2, 0) is 16.0 Å². The molecule has 2 saturated heterocycles. The van der Waals surface area contributed by atoms with Crippen molar-refractivity contribution < 1.29 is 14.3 Å². The van der Waals surface area contributed by atoms with Gasteiger partial charge >= 0.3 is 6.09 Å². The van der Waals surface area contributed by atoms with E-state index in [2.05, 4.69) is 4.98 Å². The van der Waals surface area contributed by atoms with Crippen molar-refractivity contribution in [1.29, 1.82) is 0 Å². The summed E-state index contributed by atoms with van der Waals surface area (Å²) in [6, 6.07) is 3.88. The Hall–Kier alpha value is -2.11. The number of piperazine rings is 1. The molecule has 0 aliphatic carbocycles. The maximum atomic E-state index is 12.2. The number of carbonyl (C=O) groups is 2. The van der Waals surface area contributed by atoms with E-state index in [4.69, 9.17) is 4.74 Å². The van der Waals surface area contributed by atoms with Crippen LogP contribution in [0.5, 0.6) is 0 Å². The van der Waals surface area contributed by atoms with E-state index in [1.165, 1.54) is 0 Å². The Kier molecular flexibility index (Phi) is 3.54. The first-order valence-electron chi connectivity index (χ1n) is 6.84. The number of rotatable bonds is 3. The second-order valence-corrected chi connectivity index (χ2v) is 5.13. The Morgan fingerprint density at radius 1 is 1.45 bits per heavy atom. The van der Waals surface area contributed by atoms with Gasteiger partial charge in [0, 0.05) is 38.4 Å². The van der Waals surface area contributed by atoms with Crippen LogP contribution in [0.4, 0.5) is 4.79 Å². The average Bonchev–Trinajstić information content (AvgIpc) is 2.87. The van der Waals surface area contributed by atoms with Gasteiger partial charge in [-0.3, -0.25) is 14.7 Å². The van der Waals surface area contributed by atoms with Gasteiger partial charge in [0.1, 0.15) is 6.61 Å². The average molecular weight is 275 g/mol. The van der Waals surface area contributed by atoms with Crippen LogP contribution < -0.4 is 0 Å². The number of hydrogen-bond acceptors (Lipinski definition) is 4. The molecule has 1 aromatic heterocycles. The Balaban J connectivity index is 1.52. The number of amides is 2. The second-order valence-electron chi connectivity index (χ2n) is 5.13. The van der Waals surface area contributed by atoms with Crippen molar-refractivity contribution in [3.05, 3.63) is 30.1 Å². The van der Waals surface area contributed by atoms with Gasteiger partial charge < -0.3 is 9.64 Å². The maximum absolute atomic E-state index is 12.2. The number of ether oxygens (including phenoxy) is 1. The summed E-state index contributed by atoms with van der Waals surface area (Å²) in [7, 11) is 0. The first-order chi connectivity index (χ1) is 9.74. The molecule has 0 aromatic carbocycles. The zero-order chi connectivity index (χ0) is 13.9. The van der Waals surface area contributed by atoms with E-state index < -0.39 is 0 Å². The van der Waals surface area contributed by atoms with E-state index in [1.54, 1.807) is 17.3 Å². The van der Waals surface area contributed by atoms with Crippen LogP contribution in [-0.4, -0.2) is 59.1 Å². The van der Waals surface area contributed by atoms with Gasteiger partial charge in [0.15, 0.2) is 0 Å². The van der Waals surface area contributed by atoms with Crippen molar-refractivity contribution in [3.63, 3.8) is 0 Å². The molecule has 20 heavy (non-hydrogen) atoms. The SMILES string of the molecule is O=C(CCc1cccnc1)N1CCN2C(=O)OCC2C1. The summed E-state index contributed by atoms with van der Waals surface area (Å²) < 4.78 is 5.00. The summed E-state index contributed by atoms with van der Waals surface area (Å²) in [5.74, 6) is 0.132. The molecular weight excluding hydrogens is 258 g/mol. The molecule has 0 radical (unpaired) electrons. The lowest BCUT2D eigenvalue weighted by molar-refractivity contribution is -0.133. The van der Waals surface area contributed by atoms with Crippen LogP contribution in [0.1, 0.15) is 12.0 Å². The molecule has 2 aliphatic heterocycles. The minimum Gasteiger partial charge on any atom is -0.447 e. The van der Waals surface area contributed by atoms with Gasteiger partial charge in [-0.25, -0.2) is 4.79 Å². The third kappa shape index (κ3) is 2.59. The lowest BCUT2D eigenvalue weighted by atomic mass is 10.1. The fourth-order valence-corrected chi connectivity index (χ4v) is 2.67. The third-order valence-corrected chi connectivity index (χ3v) is 3.82. The quantitative estimate of drug-likeness (QED) is 0.813. The van der Waals surface area contributed by atoms with E-state index in [1.807, 2.05) is 17.0 Å². The lowest BCUT2D eigenvalue weighted by Gasteiger charge is -2.35. The van der Waals surface area contributed by atoms with Crippen LogP contribution in [0.15, 0.2) is 24.5 Å². The number of aromatic nitrogens is 1. The van der Waals surface area contributed by atoms with E-state index in [0.29, 0.717) is 39.1 Å². The Morgan fingerprint density at radius 2 is 2.35 bits per heavy atom. The minimum atomic E-state index is -0.252. The Morgan fingerprint density at radius 3 is 3.15 bits per heavy atom. The van der Waals surface area contributed by atoms with Crippen molar-refractivity contribution in [2.24, 2.45) is 0 Å². The van der Waals surface area contributed by atoms with E-state index in [-0.39, 0.29) is 18.0 Å². The number of nitrogens with zero attached hydrogens (tertiary/aromatic N) is 3. The van der Waals surface area contributed by atoms with Gasteiger partial charge in [0.05, 0.1) is 6.04 Å². The zero-order valence-electron chi connectivity index (χ0n) is 11.2. The van der Waals surface area contributed by atoms with E-state index in [9.17, 15) is 9.59 Å². The molecule has 1 atom stereocenters. The van der Waals surface area contributed by atoms with Crippen molar-refractivity contribution in [1.82, 2.24) is 14.8 Å². The molecule has 3 rings (SSSR count). The first kappa shape index (κ1) is 12.9. The van der Waals surface area contributed by atoms with Crippen molar-refractivity contribution in [3.8, 4) is 0 Å². The molecule has 2 fully saturated rings. The van der Waals surface area contributed by atoms with Crippen LogP contribution >= 0.6 is 0 Å². The molecule has 3 heterocycles. The van der Waals surface area contributed by atoms with Crippen molar-refractivity contribution >= 4 is 12.0 Å². The van der Waals surface area contributed by atoms with Crippen LogP contribution in [0.25, 0.3) is 0 Å². The van der Waals surface area contributed by atoms with E-state index >= 15 is 0 Å². The standard InChI is InChI=1S/C14H17N3O3/c18-13(4-3-11-2-1-5-15-8-11)16-6-7-17-12(9-16)10-20-14(17)19/h1-2,5,8,12H,3-4,6-7,9-10H2. The Labute approximate surface area is 117 Å². The molecule has 0 saturated carbocycles. The highest BCUT2D eigenvalue weighted by Crippen LogP contribution is 2.18. The number of carbonyl (C=O) groups excluding carboxylic acids is 2. The number of cyclic esters (lactones) is 1. The predicted molar refractivity (Wildman–Crippen MR) is 71.0 cm³/mol. The molecular formula is C14H17N3O3. The third-order valence-electron chi connectivity index (χ3n) is 3.82. The summed E-state index contributed by atoms with van der Waals surface area (Å²) in [4.78, 5) is 31.2. The summed E-state index contributed by atoms with van der Waals surface area (Å²) in [6.45, 7) is 2.14. The normalized spacial score (nSPS) is 21.6. The summed E-state index contributed by atoms with van der Waals surface area (Å²) in [5.41, 5.74) is 1.07. The molecule has 1 aromatic rings. The predicted octanol–water partition coefficient (Wildman–Crippen LogP) is 0.677. The van der Waals surface area contributed by atoms with Gasteiger partial charge in [0.25, 0.3) is 0 Å². The largest absolute Gasteiger partial charge is 0.447 e. The Bertz CT molecular complexity index is 506. The summed E-state index contributed by atoms with van der Waals surface area (Å²) in [6.07, 6.45) is 4.44. The highest BCUT2D eigenvalue weighted by atomic mass is 16.6. The molecule has 6 heteroatoms. The molecule has 2 aliphatic rings. The fraction of sp³-hybridized carbons (Fsp3) is 0.500. The van der Waals surface area contributed by atoms with Gasteiger partial charge in [-0.05, 0) is 18.1 Å². The number of aryl methyl sites for hydroxylation is 1. The molecule has 6 nitrogen and oxygen atoms in total. The van der Waals surface area contributed by atoms with Crippen LogP contribution in [0.3, 0.4) is 0 Å². The lowest BCUT2D eigenvalue weighted by Crippen LogP contribution is -2.53. The fourth-order valence-electron chi connectivity index (χ4n) is 2.67. The molecule has 1 unspecified atom stereocenters. The molecule has 0 bridgehead atoms. The van der Waals surface area contributed by atoms with Crippen molar-refractivity contribution in [2.75, 3.05) is 26.2 Å². The minimum absolute atomic E-state index is 0.0265. The summed E-state index contributed by atoms with van der Waals surface area (Å²) >= 11 is 0. The number of fused-ring (bicyclic) bond motifs is 1. The van der Waals surface area contributed by atoms with Crippen LogP contribution in [0, 0.1) is 0 Å². The van der Waals surface area contributed by atoms with Crippen molar-refractivity contribution in [2.45, 2.75) is 18.9 Å². The topological polar surface area (TPSA) is 62.7 Å². The van der Waals surface area contributed by atoms with Gasteiger partial charge in [0.2, 0.25) is 5.91 Å². The first-order valence-corrected chi connectivity index (χ1v) is 6.84. The van der Waals surface area contributed by atoms with Gasteiger partial charge in [-0.15, -0.1) is 0 Å². The van der Waals surface area contributed by atoms with Crippen LogP contribution in [0.2, 0.25) is 0 Å². The highest BCUT2D eigenvalue weighted by molar-refractivity contribution is 5.77. The molecule has 2 amide bonds. The molecule has 0 N–H and O–H groups in total. The molecule has 106 valence electrons. The summed E-state index contributed by atoms with van der Waals surface area (Å²) in [5, 5.41) is 0. The van der Waals surface area contributed by atoms with E-state index in [0.717, 1.165) is 5.56 Å². The van der Waals surface area contributed by atoms with Gasteiger partial charge in [-0.2, -0.15) is 0 Å². The molecule has 0 spiro atoms. The number of pyridine rings is 1. The smallest absolute Gasteiger partial charge is 0.410 e. The second kappa shape index (κ2) is 5.48.